The van der Waals surface area contributed by atoms with Crippen molar-refractivity contribution >= 4 is 40.1 Å². The van der Waals surface area contributed by atoms with Crippen molar-refractivity contribution in [2.45, 2.75) is 6.61 Å². The molecule has 2 nitrogen and oxygen atoms in total. The number of thiocarbonyl (C=S) groups is 1. The van der Waals surface area contributed by atoms with Gasteiger partial charge in [0.25, 0.3) is 0 Å². The van der Waals surface area contributed by atoms with E-state index in [0.29, 0.717) is 27.9 Å². The van der Waals surface area contributed by atoms with Gasteiger partial charge in [-0.1, -0.05) is 29.9 Å². The maximum Gasteiger partial charge on any atom is 0.131 e. The van der Waals surface area contributed by atoms with Gasteiger partial charge in [0.2, 0.25) is 0 Å². The summed E-state index contributed by atoms with van der Waals surface area (Å²) in [5, 5.41) is 2.61. The molecule has 0 saturated heterocycles. The molecule has 0 spiro atoms. The molecule has 0 aliphatic heterocycles. The summed E-state index contributed by atoms with van der Waals surface area (Å²) < 4.78 is 5.68. The molecule has 5 heteroatoms. The van der Waals surface area contributed by atoms with Crippen molar-refractivity contribution in [1.29, 1.82) is 0 Å². The molecule has 1 aromatic heterocycles. The Morgan fingerprint density at radius 2 is 2.24 bits per heavy atom. The molecule has 0 saturated carbocycles. The number of rotatable bonds is 4. The predicted molar refractivity (Wildman–Crippen MR) is 76.0 cm³/mol. The molecule has 88 valence electrons. The van der Waals surface area contributed by atoms with Crippen LogP contribution in [0.1, 0.15) is 10.4 Å². The maximum atomic E-state index is 5.92. The molecule has 2 rings (SSSR count). The third kappa shape index (κ3) is 3.19. The molecule has 0 bridgehead atoms. The van der Waals surface area contributed by atoms with E-state index in [-0.39, 0.29) is 0 Å². The highest BCUT2D eigenvalue weighted by atomic mass is 35.5. The Bertz CT molecular complexity index is 525. The fourth-order valence-corrected chi connectivity index (χ4v) is 2.31. The van der Waals surface area contributed by atoms with Gasteiger partial charge in [0.15, 0.2) is 0 Å². The maximum absolute atomic E-state index is 5.92. The van der Waals surface area contributed by atoms with Gasteiger partial charge in [-0.2, -0.15) is 0 Å². The van der Waals surface area contributed by atoms with Gasteiger partial charge in [-0.3, -0.25) is 0 Å². The summed E-state index contributed by atoms with van der Waals surface area (Å²) in [5.41, 5.74) is 6.33. The van der Waals surface area contributed by atoms with Crippen LogP contribution in [-0.4, -0.2) is 4.99 Å². The lowest BCUT2D eigenvalue weighted by molar-refractivity contribution is 0.309. The summed E-state index contributed by atoms with van der Waals surface area (Å²) >= 11 is 12.5. The molecule has 2 N–H and O–H groups in total. The first-order valence-electron chi connectivity index (χ1n) is 4.91. The summed E-state index contributed by atoms with van der Waals surface area (Å²) in [6, 6.07) is 9.23. The quantitative estimate of drug-likeness (QED) is 0.871. The van der Waals surface area contributed by atoms with Crippen LogP contribution in [0.3, 0.4) is 0 Å². The van der Waals surface area contributed by atoms with Crippen LogP contribution in [0.5, 0.6) is 5.75 Å². The molecule has 0 amide bonds. The number of thiophene rings is 1. The molecule has 0 aliphatic rings. The van der Waals surface area contributed by atoms with Crippen molar-refractivity contribution in [3.8, 4) is 5.75 Å². The van der Waals surface area contributed by atoms with Crippen LogP contribution in [0.4, 0.5) is 0 Å². The van der Waals surface area contributed by atoms with Gasteiger partial charge in [0, 0.05) is 9.90 Å². The standard InChI is InChI=1S/C12H10ClNOS2/c13-8-3-4-10(12(14)16)11(6-8)15-7-9-2-1-5-17-9/h1-6H,7H2,(H2,14,16). The second-order valence-corrected chi connectivity index (χ2v) is 5.28. The minimum atomic E-state index is 0.308. The Morgan fingerprint density at radius 1 is 1.41 bits per heavy atom. The molecule has 2 aromatic rings. The zero-order valence-electron chi connectivity index (χ0n) is 8.85. The molecule has 0 aliphatic carbocycles. The van der Waals surface area contributed by atoms with Crippen molar-refractivity contribution in [2.24, 2.45) is 5.73 Å². The summed E-state index contributed by atoms with van der Waals surface area (Å²) in [6.45, 7) is 0.494. The van der Waals surface area contributed by atoms with Gasteiger partial charge in [0.1, 0.15) is 17.3 Å². The summed E-state index contributed by atoms with van der Waals surface area (Å²) in [6.07, 6.45) is 0. The van der Waals surface area contributed by atoms with E-state index in [1.807, 2.05) is 17.5 Å². The van der Waals surface area contributed by atoms with Gasteiger partial charge >= 0.3 is 0 Å². The monoisotopic (exact) mass is 283 g/mol. The van der Waals surface area contributed by atoms with Gasteiger partial charge < -0.3 is 10.5 Å². The van der Waals surface area contributed by atoms with Gasteiger partial charge in [-0.15, -0.1) is 11.3 Å². The fraction of sp³-hybridized carbons (Fsp3) is 0.0833. The van der Waals surface area contributed by atoms with E-state index < -0.39 is 0 Å². The molecular weight excluding hydrogens is 274 g/mol. The molecular formula is C12H10ClNOS2. The minimum Gasteiger partial charge on any atom is -0.487 e. The lowest BCUT2D eigenvalue weighted by Crippen LogP contribution is -2.11. The zero-order chi connectivity index (χ0) is 12.3. The molecule has 0 atom stereocenters. The number of benzene rings is 1. The average Bonchev–Trinajstić information content (AvgIpc) is 2.78. The van der Waals surface area contributed by atoms with Crippen LogP contribution < -0.4 is 10.5 Å². The number of hydrogen-bond acceptors (Lipinski definition) is 3. The SMILES string of the molecule is NC(=S)c1ccc(Cl)cc1OCc1cccs1. The third-order valence-electron chi connectivity index (χ3n) is 2.16. The highest BCUT2D eigenvalue weighted by molar-refractivity contribution is 7.80. The highest BCUT2D eigenvalue weighted by Crippen LogP contribution is 2.25. The average molecular weight is 284 g/mol. The molecule has 1 aromatic carbocycles. The van der Waals surface area contributed by atoms with Crippen LogP contribution >= 0.6 is 35.2 Å². The number of ether oxygens (including phenoxy) is 1. The number of hydrogen-bond donors (Lipinski definition) is 1. The Labute approximate surface area is 114 Å². The normalized spacial score (nSPS) is 10.2. The van der Waals surface area contributed by atoms with Crippen molar-refractivity contribution in [2.75, 3.05) is 0 Å². The zero-order valence-corrected chi connectivity index (χ0v) is 11.2. The summed E-state index contributed by atoms with van der Waals surface area (Å²) in [7, 11) is 0. The first-order valence-corrected chi connectivity index (χ1v) is 6.58. The van der Waals surface area contributed by atoms with E-state index >= 15 is 0 Å². The molecule has 17 heavy (non-hydrogen) atoms. The Morgan fingerprint density at radius 3 is 2.88 bits per heavy atom. The van der Waals surface area contributed by atoms with E-state index in [1.54, 1.807) is 29.5 Å². The van der Waals surface area contributed by atoms with Crippen LogP contribution in [0.15, 0.2) is 35.7 Å². The first-order chi connectivity index (χ1) is 8.16. The number of nitrogens with two attached hydrogens (primary N) is 1. The van der Waals surface area contributed by atoms with E-state index in [4.69, 9.17) is 34.3 Å². The minimum absolute atomic E-state index is 0.308. The highest BCUT2D eigenvalue weighted by Gasteiger charge is 2.07. The Balaban J connectivity index is 2.19. The smallest absolute Gasteiger partial charge is 0.131 e. The van der Waals surface area contributed by atoms with E-state index in [9.17, 15) is 0 Å². The van der Waals surface area contributed by atoms with E-state index in [0.717, 1.165) is 4.88 Å². The van der Waals surface area contributed by atoms with Crippen LogP contribution in [-0.2, 0) is 6.61 Å². The Hall–Kier alpha value is -1.10. The lowest BCUT2D eigenvalue weighted by atomic mass is 10.2. The first kappa shape index (κ1) is 12.4. The second-order valence-electron chi connectivity index (χ2n) is 3.37. The fourth-order valence-electron chi connectivity index (χ4n) is 1.36. The van der Waals surface area contributed by atoms with E-state index in [2.05, 4.69) is 0 Å². The number of halogens is 1. The largest absolute Gasteiger partial charge is 0.487 e. The Kier molecular flexibility index (Phi) is 3.99. The van der Waals surface area contributed by atoms with E-state index in [1.165, 1.54) is 0 Å². The van der Waals surface area contributed by atoms with Crippen molar-refractivity contribution in [3.63, 3.8) is 0 Å². The lowest BCUT2D eigenvalue weighted by Gasteiger charge is -2.10. The molecule has 0 unspecified atom stereocenters. The van der Waals surface area contributed by atoms with Crippen molar-refractivity contribution < 1.29 is 4.74 Å². The van der Waals surface area contributed by atoms with Crippen LogP contribution in [0.25, 0.3) is 0 Å². The van der Waals surface area contributed by atoms with Crippen LogP contribution in [0.2, 0.25) is 5.02 Å². The van der Waals surface area contributed by atoms with Crippen molar-refractivity contribution in [3.05, 3.63) is 51.2 Å². The molecule has 1 heterocycles. The summed E-state index contributed by atoms with van der Waals surface area (Å²) in [4.78, 5) is 1.45. The van der Waals surface area contributed by atoms with Gasteiger partial charge in [-0.05, 0) is 29.6 Å². The molecule has 0 radical (unpaired) electrons. The molecule has 0 fully saturated rings. The van der Waals surface area contributed by atoms with Gasteiger partial charge in [0.05, 0.1) is 5.56 Å². The summed E-state index contributed by atoms with van der Waals surface area (Å²) in [5.74, 6) is 0.624. The second kappa shape index (κ2) is 5.49. The third-order valence-corrected chi connectivity index (χ3v) is 3.46. The van der Waals surface area contributed by atoms with Crippen LogP contribution in [0, 0.1) is 0 Å². The predicted octanol–water partition coefficient (Wildman–Crippen LogP) is 3.61. The topological polar surface area (TPSA) is 35.2 Å². The van der Waals surface area contributed by atoms with Crippen molar-refractivity contribution in [1.82, 2.24) is 0 Å². The van der Waals surface area contributed by atoms with Gasteiger partial charge in [-0.25, -0.2) is 0 Å².